The molecule has 2 amide bonds. The number of nitrogens with zero attached hydrogens (tertiary/aromatic N) is 3. The van der Waals surface area contributed by atoms with Crippen LogP contribution in [0.3, 0.4) is 0 Å². The van der Waals surface area contributed by atoms with Gasteiger partial charge in [-0.15, -0.1) is 0 Å². The molecule has 2 N–H and O–H groups in total. The summed E-state index contributed by atoms with van der Waals surface area (Å²) in [6.07, 6.45) is 10.8. The second-order valence-electron chi connectivity index (χ2n) is 7.68. The van der Waals surface area contributed by atoms with E-state index in [4.69, 9.17) is 0 Å². The lowest BCUT2D eigenvalue weighted by molar-refractivity contribution is 0.230. The number of fused-ring (bicyclic) bond motifs is 1. The van der Waals surface area contributed by atoms with Crippen molar-refractivity contribution in [2.45, 2.75) is 83.3 Å². The van der Waals surface area contributed by atoms with Crippen LogP contribution in [0.15, 0.2) is 0 Å². The third kappa shape index (κ3) is 3.28. The average Bonchev–Trinajstić information content (AvgIpc) is 3.22. The van der Waals surface area contributed by atoms with Gasteiger partial charge in [-0.1, -0.05) is 39.0 Å². The monoisotopic (exact) mass is 331 g/mol. The maximum atomic E-state index is 12.4. The summed E-state index contributed by atoms with van der Waals surface area (Å²) in [6, 6.07) is 0.358. The number of nitrogens with one attached hydrogen (secondary N) is 2. The molecule has 24 heavy (non-hydrogen) atoms. The number of aromatic nitrogens is 3. The number of rotatable bonds is 4. The van der Waals surface area contributed by atoms with Crippen molar-refractivity contribution in [3.8, 4) is 0 Å². The number of urea groups is 1. The lowest BCUT2D eigenvalue weighted by atomic mass is 9.85. The zero-order valence-corrected chi connectivity index (χ0v) is 14.6. The smallest absolute Gasteiger partial charge is 0.315 e. The fraction of sp³-hybridized carbons (Fsp3) is 0.833. The molecular weight excluding hydrogens is 302 g/mol. The molecule has 0 unspecified atom stereocenters. The van der Waals surface area contributed by atoms with Crippen molar-refractivity contribution in [1.82, 2.24) is 25.4 Å². The zero-order valence-electron chi connectivity index (χ0n) is 14.6. The number of amides is 2. The molecule has 2 aliphatic carbocycles. The summed E-state index contributed by atoms with van der Waals surface area (Å²) in [6.45, 7) is 2.98. The Kier molecular flexibility index (Phi) is 4.46. The van der Waals surface area contributed by atoms with Crippen LogP contribution in [0.1, 0.15) is 76.0 Å². The van der Waals surface area contributed by atoms with E-state index in [1.165, 1.54) is 38.5 Å². The number of hydrogen-bond acceptors (Lipinski definition) is 3. The van der Waals surface area contributed by atoms with Gasteiger partial charge in [-0.3, -0.25) is 0 Å². The van der Waals surface area contributed by atoms with Gasteiger partial charge in [0.2, 0.25) is 0 Å². The first-order chi connectivity index (χ1) is 11.7. The quantitative estimate of drug-likeness (QED) is 0.891. The predicted octanol–water partition coefficient (Wildman–Crippen LogP) is 2.94. The SMILES string of the molecule is CCc1nc2n(n1)CCC[C@@H]2NC(=O)N[C@H]1C[C@H]1C1CCCCC1. The van der Waals surface area contributed by atoms with Crippen LogP contribution in [0.2, 0.25) is 0 Å². The topological polar surface area (TPSA) is 71.8 Å². The highest BCUT2D eigenvalue weighted by Gasteiger charge is 2.44. The molecule has 3 atom stereocenters. The summed E-state index contributed by atoms with van der Waals surface area (Å²) in [5, 5.41) is 10.8. The van der Waals surface area contributed by atoms with Gasteiger partial charge in [-0.25, -0.2) is 14.5 Å². The lowest BCUT2D eigenvalue weighted by Crippen LogP contribution is -2.41. The van der Waals surface area contributed by atoms with Gasteiger partial charge in [0.05, 0.1) is 6.04 Å². The number of carbonyl (C=O) groups is 1. The molecule has 4 rings (SSSR count). The van der Waals surface area contributed by atoms with Crippen molar-refractivity contribution < 1.29 is 4.79 Å². The fourth-order valence-electron chi connectivity index (χ4n) is 4.52. The van der Waals surface area contributed by atoms with E-state index in [0.29, 0.717) is 6.04 Å². The Hall–Kier alpha value is -1.59. The van der Waals surface area contributed by atoms with E-state index >= 15 is 0 Å². The Bertz CT molecular complexity index is 592. The fourth-order valence-corrected chi connectivity index (χ4v) is 4.52. The molecule has 3 aliphatic rings. The molecule has 0 radical (unpaired) electrons. The van der Waals surface area contributed by atoms with E-state index in [0.717, 1.165) is 49.3 Å². The Morgan fingerprint density at radius 2 is 2.00 bits per heavy atom. The molecule has 1 aromatic rings. The van der Waals surface area contributed by atoms with Crippen LogP contribution in [-0.2, 0) is 13.0 Å². The van der Waals surface area contributed by atoms with Crippen LogP contribution in [0.5, 0.6) is 0 Å². The number of carbonyl (C=O) groups excluding carboxylic acids is 1. The van der Waals surface area contributed by atoms with Crippen LogP contribution >= 0.6 is 0 Å². The van der Waals surface area contributed by atoms with Gasteiger partial charge in [-0.05, 0) is 31.1 Å². The van der Waals surface area contributed by atoms with Crippen molar-refractivity contribution in [2.75, 3.05) is 0 Å². The normalized spacial score (nSPS) is 29.8. The maximum absolute atomic E-state index is 12.4. The van der Waals surface area contributed by atoms with E-state index in [2.05, 4.69) is 27.6 Å². The standard InChI is InChI=1S/C18H29N5O/c1-2-16-21-17-14(9-6-10-23(17)22-16)19-18(24)20-15-11-13(15)12-7-4-3-5-8-12/h12-15H,2-11H2,1H3,(H2,19,20,24)/t13-,14-,15-/m0/s1. The maximum Gasteiger partial charge on any atom is 0.315 e. The van der Waals surface area contributed by atoms with Crippen LogP contribution in [0, 0.1) is 11.8 Å². The largest absolute Gasteiger partial charge is 0.335 e. The van der Waals surface area contributed by atoms with E-state index in [1.54, 1.807) is 0 Å². The Labute approximate surface area is 143 Å². The molecule has 1 aromatic heterocycles. The van der Waals surface area contributed by atoms with Gasteiger partial charge in [0.15, 0.2) is 5.82 Å². The summed E-state index contributed by atoms with van der Waals surface area (Å²) >= 11 is 0. The zero-order chi connectivity index (χ0) is 16.5. The summed E-state index contributed by atoms with van der Waals surface area (Å²) in [7, 11) is 0. The Morgan fingerprint density at radius 3 is 2.79 bits per heavy atom. The van der Waals surface area contributed by atoms with E-state index in [-0.39, 0.29) is 12.1 Å². The lowest BCUT2D eigenvalue weighted by Gasteiger charge is -2.24. The average molecular weight is 331 g/mol. The molecule has 2 fully saturated rings. The Balaban J connectivity index is 1.30. The Morgan fingerprint density at radius 1 is 1.17 bits per heavy atom. The molecule has 0 bridgehead atoms. The minimum Gasteiger partial charge on any atom is -0.335 e. The molecule has 132 valence electrons. The van der Waals surface area contributed by atoms with E-state index < -0.39 is 0 Å². The minimum atomic E-state index is -0.0298. The minimum absolute atomic E-state index is 0.00145. The van der Waals surface area contributed by atoms with Crippen LogP contribution in [0.25, 0.3) is 0 Å². The molecule has 6 heteroatoms. The first-order valence-corrected chi connectivity index (χ1v) is 9.75. The highest BCUT2D eigenvalue weighted by atomic mass is 16.2. The molecule has 0 saturated heterocycles. The van der Waals surface area contributed by atoms with Crippen molar-refractivity contribution in [3.63, 3.8) is 0 Å². The van der Waals surface area contributed by atoms with Gasteiger partial charge < -0.3 is 10.6 Å². The summed E-state index contributed by atoms with van der Waals surface area (Å²) < 4.78 is 1.97. The van der Waals surface area contributed by atoms with Crippen LogP contribution in [-0.4, -0.2) is 26.8 Å². The summed E-state index contributed by atoms with van der Waals surface area (Å²) in [5.74, 6) is 3.36. The van der Waals surface area contributed by atoms with Crippen molar-refractivity contribution >= 4 is 6.03 Å². The van der Waals surface area contributed by atoms with Gasteiger partial charge >= 0.3 is 6.03 Å². The van der Waals surface area contributed by atoms with Crippen LogP contribution < -0.4 is 10.6 Å². The third-order valence-corrected chi connectivity index (χ3v) is 5.95. The second kappa shape index (κ2) is 6.73. The number of aryl methyl sites for hydroxylation is 2. The highest BCUT2D eigenvalue weighted by Crippen LogP contribution is 2.44. The first kappa shape index (κ1) is 15.9. The van der Waals surface area contributed by atoms with Gasteiger partial charge in [0, 0.05) is 19.0 Å². The predicted molar refractivity (Wildman–Crippen MR) is 91.5 cm³/mol. The molecule has 2 heterocycles. The molecule has 0 spiro atoms. The van der Waals surface area contributed by atoms with Crippen LogP contribution in [0.4, 0.5) is 4.79 Å². The van der Waals surface area contributed by atoms with E-state index in [1.807, 2.05) is 4.68 Å². The molecule has 0 aromatic carbocycles. The molecule has 1 aliphatic heterocycles. The van der Waals surface area contributed by atoms with Gasteiger partial charge in [0.1, 0.15) is 5.82 Å². The third-order valence-electron chi connectivity index (χ3n) is 5.95. The molecule has 6 nitrogen and oxygen atoms in total. The number of hydrogen-bond donors (Lipinski definition) is 2. The van der Waals surface area contributed by atoms with Crippen molar-refractivity contribution in [3.05, 3.63) is 11.6 Å². The van der Waals surface area contributed by atoms with Crippen molar-refractivity contribution in [2.24, 2.45) is 11.8 Å². The molecular formula is C18H29N5O. The molecule has 2 saturated carbocycles. The van der Waals surface area contributed by atoms with Gasteiger partial charge in [0.25, 0.3) is 0 Å². The highest BCUT2D eigenvalue weighted by molar-refractivity contribution is 5.75. The first-order valence-electron chi connectivity index (χ1n) is 9.75. The van der Waals surface area contributed by atoms with Crippen molar-refractivity contribution in [1.29, 1.82) is 0 Å². The summed E-state index contributed by atoms with van der Waals surface area (Å²) in [5.41, 5.74) is 0. The summed E-state index contributed by atoms with van der Waals surface area (Å²) in [4.78, 5) is 17.0. The van der Waals surface area contributed by atoms with Gasteiger partial charge in [-0.2, -0.15) is 5.10 Å². The van der Waals surface area contributed by atoms with E-state index in [9.17, 15) is 4.79 Å². The second-order valence-corrected chi connectivity index (χ2v) is 7.68.